The van der Waals surface area contributed by atoms with E-state index in [-0.39, 0.29) is 18.4 Å². The summed E-state index contributed by atoms with van der Waals surface area (Å²) in [5.41, 5.74) is 5.93. The number of carbonyl (C=O) groups is 2. The van der Waals surface area contributed by atoms with E-state index in [1.54, 1.807) is 0 Å². The number of halogens is 1. The Kier molecular flexibility index (Phi) is 5.41. The summed E-state index contributed by atoms with van der Waals surface area (Å²) in [7, 11) is 0. The largest absolute Gasteiger partial charge is 0.369 e. The minimum Gasteiger partial charge on any atom is -0.369 e. The minimum absolute atomic E-state index is 0.0449. The molecule has 1 aromatic rings. The molecule has 1 aliphatic rings. The van der Waals surface area contributed by atoms with Crippen LogP contribution in [0.25, 0.3) is 0 Å². The van der Waals surface area contributed by atoms with Gasteiger partial charge >= 0.3 is 0 Å². The first-order chi connectivity index (χ1) is 10.0. The van der Waals surface area contributed by atoms with E-state index in [1.807, 2.05) is 33.6 Å². The van der Waals surface area contributed by atoms with Crippen molar-refractivity contribution < 1.29 is 9.59 Å². The van der Waals surface area contributed by atoms with Gasteiger partial charge in [-0.15, -0.1) is 0 Å². The summed E-state index contributed by atoms with van der Waals surface area (Å²) >= 11 is 3.42. The zero-order chi connectivity index (χ0) is 15.4. The predicted molar refractivity (Wildman–Crippen MR) is 84.0 cm³/mol. The Morgan fingerprint density at radius 1 is 1.29 bits per heavy atom. The van der Waals surface area contributed by atoms with E-state index in [1.165, 1.54) is 0 Å². The highest BCUT2D eigenvalue weighted by molar-refractivity contribution is 9.10. The summed E-state index contributed by atoms with van der Waals surface area (Å²) in [5, 5.41) is 0. The number of aryl methyl sites for hydroxylation is 1. The van der Waals surface area contributed by atoms with Crippen LogP contribution in [-0.2, 0) is 11.3 Å². The Morgan fingerprint density at radius 3 is 2.71 bits per heavy atom. The zero-order valence-corrected chi connectivity index (χ0v) is 13.8. The third-order valence-electron chi connectivity index (χ3n) is 3.68. The summed E-state index contributed by atoms with van der Waals surface area (Å²) in [5.74, 6) is -0.276. The molecule has 6 nitrogen and oxygen atoms in total. The van der Waals surface area contributed by atoms with Crippen LogP contribution >= 0.6 is 15.9 Å². The van der Waals surface area contributed by atoms with Gasteiger partial charge in [-0.05, 0) is 35.3 Å². The number of carbonyl (C=O) groups excluding carboxylic acids is 2. The molecule has 21 heavy (non-hydrogen) atoms. The maximum absolute atomic E-state index is 12.6. The van der Waals surface area contributed by atoms with Gasteiger partial charge in [0.15, 0.2) is 0 Å². The zero-order valence-electron chi connectivity index (χ0n) is 12.2. The lowest BCUT2D eigenvalue weighted by atomic mass is 10.3. The summed E-state index contributed by atoms with van der Waals surface area (Å²) in [6.45, 7) is 5.85. The van der Waals surface area contributed by atoms with E-state index in [0.717, 1.165) is 24.0 Å². The SMILES string of the molecule is CCn1cc(Br)cc1C(=O)N1CCCN(CC(N)=O)CC1. The molecule has 0 radical (unpaired) electrons. The van der Waals surface area contributed by atoms with Gasteiger partial charge in [0.25, 0.3) is 5.91 Å². The van der Waals surface area contributed by atoms with Crippen LogP contribution in [0.4, 0.5) is 0 Å². The molecule has 1 aliphatic heterocycles. The average Bonchev–Trinajstić information content (AvgIpc) is 2.66. The maximum atomic E-state index is 12.6. The van der Waals surface area contributed by atoms with Crippen molar-refractivity contribution in [2.24, 2.45) is 5.73 Å². The molecule has 0 bridgehead atoms. The van der Waals surface area contributed by atoms with Crippen LogP contribution < -0.4 is 5.73 Å². The van der Waals surface area contributed by atoms with Crippen LogP contribution in [0, 0.1) is 0 Å². The van der Waals surface area contributed by atoms with Crippen LogP contribution in [-0.4, -0.2) is 58.9 Å². The molecule has 7 heteroatoms. The van der Waals surface area contributed by atoms with E-state index in [4.69, 9.17) is 5.73 Å². The van der Waals surface area contributed by atoms with Gasteiger partial charge in [-0.2, -0.15) is 0 Å². The fraction of sp³-hybridized carbons (Fsp3) is 0.571. The Balaban J connectivity index is 2.04. The van der Waals surface area contributed by atoms with Crippen molar-refractivity contribution in [3.8, 4) is 0 Å². The van der Waals surface area contributed by atoms with E-state index in [2.05, 4.69) is 15.9 Å². The number of amides is 2. The average molecular weight is 357 g/mol. The van der Waals surface area contributed by atoms with Gasteiger partial charge in [-0.1, -0.05) is 0 Å². The lowest BCUT2D eigenvalue weighted by molar-refractivity contribution is -0.119. The molecule has 0 saturated carbocycles. The van der Waals surface area contributed by atoms with Gasteiger partial charge < -0.3 is 15.2 Å². The molecule has 2 heterocycles. The van der Waals surface area contributed by atoms with Gasteiger partial charge in [0.05, 0.1) is 6.54 Å². The molecule has 0 aliphatic carbocycles. The molecule has 2 rings (SSSR count). The van der Waals surface area contributed by atoms with E-state index in [0.29, 0.717) is 25.3 Å². The highest BCUT2D eigenvalue weighted by Gasteiger charge is 2.23. The predicted octanol–water partition coefficient (Wildman–Crippen LogP) is 0.904. The quantitative estimate of drug-likeness (QED) is 0.871. The Hall–Kier alpha value is -1.34. The van der Waals surface area contributed by atoms with Crippen molar-refractivity contribution >= 4 is 27.7 Å². The lowest BCUT2D eigenvalue weighted by Crippen LogP contribution is -2.38. The maximum Gasteiger partial charge on any atom is 0.270 e. The van der Waals surface area contributed by atoms with Crippen molar-refractivity contribution in [2.45, 2.75) is 19.9 Å². The van der Waals surface area contributed by atoms with Gasteiger partial charge in [-0.3, -0.25) is 14.5 Å². The van der Waals surface area contributed by atoms with Crippen molar-refractivity contribution in [1.29, 1.82) is 0 Å². The molecule has 2 N–H and O–H groups in total. The Labute approximate surface area is 133 Å². The second-order valence-electron chi connectivity index (χ2n) is 5.22. The van der Waals surface area contributed by atoms with Crippen LogP contribution in [0.15, 0.2) is 16.7 Å². The number of hydrogen-bond donors (Lipinski definition) is 1. The molecule has 0 unspecified atom stereocenters. The molecule has 116 valence electrons. The molecule has 0 aromatic carbocycles. The van der Waals surface area contributed by atoms with Gasteiger partial charge in [0.1, 0.15) is 5.69 Å². The van der Waals surface area contributed by atoms with Crippen LogP contribution in [0.3, 0.4) is 0 Å². The smallest absolute Gasteiger partial charge is 0.270 e. The standard InChI is InChI=1S/C14H21BrN4O2/c1-2-18-9-11(15)8-12(18)14(21)19-5-3-4-17(6-7-19)10-13(16)20/h8-9H,2-7,10H2,1H3,(H2,16,20). The van der Waals surface area contributed by atoms with E-state index in [9.17, 15) is 9.59 Å². The first-order valence-corrected chi connectivity index (χ1v) is 7.96. The number of nitrogens with zero attached hydrogens (tertiary/aromatic N) is 3. The van der Waals surface area contributed by atoms with E-state index >= 15 is 0 Å². The monoisotopic (exact) mass is 356 g/mol. The number of rotatable bonds is 4. The highest BCUT2D eigenvalue weighted by atomic mass is 79.9. The summed E-state index contributed by atoms with van der Waals surface area (Å²) in [6, 6.07) is 1.86. The fourth-order valence-electron chi connectivity index (χ4n) is 2.63. The second-order valence-corrected chi connectivity index (χ2v) is 6.13. The molecule has 0 spiro atoms. The fourth-order valence-corrected chi connectivity index (χ4v) is 3.09. The van der Waals surface area contributed by atoms with Gasteiger partial charge in [0.2, 0.25) is 5.91 Å². The molecule has 2 amide bonds. The van der Waals surface area contributed by atoms with Crippen LogP contribution in [0.2, 0.25) is 0 Å². The van der Waals surface area contributed by atoms with E-state index < -0.39 is 0 Å². The third-order valence-corrected chi connectivity index (χ3v) is 4.11. The van der Waals surface area contributed by atoms with Crippen molar-refractivity contribution in [3.63, 3.8) is 0 Å². The number of hydrogen-bond acceptors (Lipinski definition) is 3. The minimum atomic E-state index is -0.321. The number of aromatic nitrogens is 1. The van der Waals surface area contributed by atoms with Crippen molar-refractivity contribution in [2.75, 3.05) is 32.7 Å². The summed E-state index contributed by atoms with van der Waals surface area (Å²) in [6.07, 6.45) is 2.78. The third kappa shape index (κ3) is 4.07. The summed E-state index contributed by atoms with van der Waals surface area (Å²) in [4.78, 5) is 27.5. The molecule has 1 saturated heterocycles. The topological polar surface area (TPSA) is 71.6 Å². The number of nitrogens with two attached hydrogens (primary N) is 1. The van der Waals surface area contributed by atoms with Crippen molar-refractivity contribution in [3.05, 3.63) is 22.4 Å². The Bertz CT molecular complexity index is 529. The molecular weight excluding hydrogens is 336 g/mol. The number of primary amides is 1. The lowest BCUT2D eigenvalue weighted by Gasteiger charge is -2.21. The molecule has 0 atom stereocenters. The molecule has 1 aromatic heterocycles. The van der Waals surface area contributed by atoms with Gasteiger partial charge in [0, 0.05) is 43.4 Å². The molecular formula is C14H21BrN4O2. The van der Waals surface area contributed by atoms with Crippen LogP contribution in [0.1, 0.15) is 23.8 Å². The highest BCUT2D eigenvalue weighted by Crippen LogP contribution is 2.17. The first kappa shape index (κ1) is 16.0. The summed E-state index contributed by atoms with van der Waals surface area (Å²) < 4.78 is 2.86. The second kappa shape index (κ2) is 7.09. The Morgan fingerprint density at radius 2 is 2.05 bits per heavy atom. The first-order valence-electron chi connectivity index (χ1n) is 7.17. The van der Waals surface area contributed by atoms with Crippen LogP contribution in [0.5, 0.6) is 0 Å². The normalized spacial score (nSPS) is 16.8. The van der Waals surface area contributed by atoms with Crippen molar-refractivity contribution in [1.82, 2.24) is 14.4 Å². The van der Waals surface area contributed by atoms with Gasteiger partial charge in [-0.25, -0.2) is 0 Å². The molecule has 1 fully saturated rings.